The zero-order valence-electron chi connectivity index (χ0n) is 18.1. The van der Waals surface area contributed by atoms with Crippen molar-refractivity contribution in [1.82, 2.24) is 15.5 Å². The molecule has 2 rings (SSSR count). The number of carbonyl (C=O) groups excluding carboxylic acids is 1. The van der Waals surface area contributed by atoms with Gasteiger partial charge in [-0.1, -0.05) is 36.4 Å². The predicted molar refractivity (Wildman–Crippen MR) is 121 cm³/mol. The number of rotatable bonds is 9. The maximum absolute atomic E-state index is 13.7. The fourth-order valence-corrected chi connectivity index (χ4v) is 3.88. The fourth-order valence-electron chi connectivity index (χ4n) is 3.03. The van der Waals surface area contributed by atoms with Crippen molar-refractivity contribution in [3.8, 4) is 0 Å². The van der Waals surface area contributed by atoms with Gasteiger partial charge >= 0.3 is 0 Å². The van der Waals surface area contributed by atoms with Crippen molar-refractivity contribution in [3.05, 3.63) is 71.0 Å². The maximum Gasteiger partial charge on any atom is 0.242 e. The topological polar surface area (TPSA) is 90.9 Å². The first-order valence-corrected chi connectivity index (χ1v) is 12.0. The number of aliphatic imine (C=N–C) groups is 1. The van der Waals surface area contributed by atoms with Gasteiger partial charge in [0, 0.05) is 32.9 Å². The standard InChI is InChI=1S/C22H29FN4O3S/c1-4-27(15-17-8-6-5-7-9-17)21(28)14-26-22(24-2)25-13-19-12-20(23)11-10-18(19)16-31(3,29)30/h5-12H,4,13-16H2,1-3H3,(H2,24,25,26). The molecule has 7 nitrogen and oxygen atoms in total. The summed E-state index contributed by atoms with van der Waals surface area (Å²) in [5, 5.41) is 5.97. The first-order chi connectivity index (χ1) is 14.7. The number of likely N-dealkylation sites (N-methyl/N-ethyl adjacent to an activating group) is 1. The second kappa shape index (κ2) is 11.5. The highest BCUT2D eigenvalue weighted by Gasteiger charge is 2.14. The van der Waals surface area contributed by atoms with Crippen LogP contribution in [0.25, 0.3) is 0 Å². The smallest absolute Gasteiger partial charge is 0.242 e. The van der Waals surface area contributed by atoms with Crippen molar-refractivity contribution in [3.63, 3.8) is 0 Å². The molecule has 0 radical (unpaired) electrons. The van der Waals surface area contributed by atoms with Gasteiger partial charge in [-0.05, 0) is 35.7 Å². The quantitative estimate of drug-likeness (QED) is 0.453. The lowest BCUT2D eigenvalue weighted by atomic mass is 10.1. The Hall–Kier alpha value is -2.94. The zero-order chi connectivity index (χ0) is 22.9. The minimum absolute atomic E-state index is 0.0414. The fraction of sp³-hybridized carbons (Fsp3) is 0.364. The molecule has 0 unspecified atom stereocenters. The first-order valence-electron chi connectivity index (χ1n) is 9.93. The summed E-state index contributed by atoms with van der Waals surface area (Å²) in [6.07, 6.45) is 1.13. The molecule has 31 heavy (non-hydrogen) atoms. The van der Waals surface area contributed by atoms with E-state index in [2.05, 4.69) is 15.6 Å². The van der Waals surface area contributed by atoms with Crippen molar-refractivity contribution in [2.24, 2.45) is 4.99 Å². The minimum Gasteiger partial charge on any atom is -0.352 e. The maximum atomic E-state index is 13.7. The SMILES string of the molecule is CCN(Cc1ccccc1)C(=O)CNC(=NC)NCc1cc(F)ccc1CS(C)(=O)=O. The first kappa shape index (κ1) is 24.3. The number of hydrogen-bond acceptors (Lipinski definition) is 4. The van der Waals surface area contributed by atoms with Crippen LogP contribution in [0.15, 0.2) is 53.5 Å². The summed E-state index contributed by atoms with van der Waals surface area (Å²) in [7, 11) is -1.70. The number of amides is 1. The number of guanidine groups is 1. The third kappa shape index (κ3) is 8.37. The molecule has 0 heterocycles. The summed E-state index contributed by atoms with van der Waals surface area (Å²) >= 11 is 0. The molecule has 2 N–H and O–H groups in total. The van der Waals surface area contributed by atoms with Gasteiger partial charge < -0.3 is 15.5 Å². The average molecular weight is 449 g/mol. The minimum atomic E-state index is -3.26. The van der Waals surface area contributed by atoms with Crippen LogP contribution in [-0.4, -0.2) is 51.6 Å². The second-order valence-electron chi connectivity index (χ2n) is 7.16. The average Bonchev–Trinajstić information content (AvgIpc) is 2.73. The van der Waals surface area contributed by atoms with Crippen LogP contribution >= 0.6 is 0 Å². The largest absolute Gasteiger partial charge is 0.352 e. The van der Waals surface area contributed by atoms with Gasteiger partial charge in [0.15, 0.2) is 15.8 Å². The van der Waals surface area contributed by atoms with Gasteiger partial charge in [0.2, 0.25) is 5.91 Å². The molecule has 9 heteroatoms. The summed E-state index contributed by atoms with van der Waals surface area (Å²) in [4.78, 5) is 18.4. The summed E-state index contributed by atoms with van der Waals surface area (Å²) < 4.78 is 37.0. The molecule has 0 spiro atoms. The normalized spacial score (nSPS) is 11.8. The molecular formula is C22H29FN4O3S. The number of hydrogen-bond donors (Lipinski definition) is 2. The molecule has 2 aromatic carbocycles. The van der Waals surface area contributed by atoms with Gasteiger partial charge in [-0.15, -0.1) is 0 Å². The molecule has 0 aliphatic heterocycles. The van der Waals surface area contributed by atoms with Crippen LogP contribution < -0.4 is 10.6 Å². The molecule has 0 saturated carbocycles. The van der Waals surface area contributed by atoms with E-state index in [9.17, 15) is 17.6 Å². The molecule has 0 atom stereocenters. The number of sulfone groups is 1. The number of carbonyl (C=O) groups is 1. The van der Waals surface area contributed by atoms with Crippen molar-refractivity contribution < 1.29 is 17.6 Å². The number of halogens is 1. The lowest BCUT2D eigenvalue weighted by molar-refractivity contribution is -0.130. The van der Waals surface area contributed by atoms with E-state index in [-0.39, 0.29) is 24.7 Å². The van der Waals surface area contributed by atoms with Gasteiger partial charge in [-0.3, -0.25) is 9.79 Å². The van der Waals surface area contributed by atoms with Crippen LogP contribution in [0.4, 0.5) is 4.39 Å². The Kier molecular flexibility index (Phi) is 8.99. The Morgan fingerprint density at radius 2 is 1.81 bits per heavy atom. The monoisotopic (exact) mass is 448 g/mol. The third-order valence-corrected chi connectivity index (χ3v) is 5.45. The number of benzene rings is 2. The highest BCUT2D eigenvalue weighted by atomic mass is 32.2. The molecule has 0 aromatic heterocycles. The van der Waals surface area contributed by atoms with E-state index in [0.29, 0.717) is 30.2 Å². The van der Waals surface area contributed by atoms with E-state index in [4.69, 9.17) is 0 Å². The summed E-state index contributed by atoms with van der Waals surface area (Å²) in [5.74, 6) is -0.358. The molecule has 1 amide bonds. The second-order valence-corrected chi connectivity index (χ2v) is 9.30. The van der Waals surface area contributed by atoms with Gasteiger partial charge in [0.25, 0.3) is 0 Å². The van der Waals surface area contributed by atoms with E-state index in [1.54, 1.807) is 11.9 Å². The molecule has 2 aromatic rings. The Morgan fingerprint density at radius 3 is 2.42 bits per heavy atom. The summed E-state index contributed by atoms with van der Waals surface area (Å²) in [5.41, 5.74) is 2.08. The van der Waals surface area contributed by atoms with Crippen molar-refractivity contribution in [2.45, 2.75) is 25.8 Å². The van der Waals surface area contributed by atoms with E-state index in [1.165, 1.54) is 18.2 Å². The predicted octanol–water partition coefficient (Wildman–Crippen LogP) is 2.08. The Bertz CT molecular complexity index is 1010. The van der Waals surface area contributed by atoms with Crippen LogP contribution in [0.1, 0.15) is 23.6 Å². The molecule has 168 valence electrons. The summed E-state index contributed by atoms with van der Waals surface area (Å²) in [6, 6.07) is 13.7. The highest BCUT2D eigenvalue weighted by Crippen LogP contribution is 2.14. The van der Waals surface area contributed by atoms with Crippen LogP contribution in [0.5, 0.6) is 0 Å². The van der Waals surface area contributed by atoms with E-state index >= 15 is 0 Å². The van der Waals surface area contributed by atoms with E-state index < -0.39 is 15.7 Å². The van der Waals surface area contributed by atoms with Crippen LogP contribution in [-0.2, 0) is 33.5 Å². The number of nitrogens with zero attached hydrogens (tertiary/aromatic N) is 2. The van der Waals surface area contributed by atoms with Crippen LogP contribution in [0, 0.1) is 5.82 Å². The molecule has 0 saturated heterocycles. The van der Waals surface area contributed by atoms with Gasteiger partial charge in [-0.2, -0.15) is 0 Å². The molecule has 0 bridgehead atoms. The summed E-state index contributed by atoms with van der Waals surface area (Å²) in [6.45, 7) is 3.21. The van der Waals surface area contributed by atoms with Gasteiger partial charge in [0.1, 0.15) is 5.82 Å². The molecule has 0 fully saturated rings. The Labute approximate surface area is 183 Å². The van der Waals surface area contributed by atoms with Crippen molar-refractivity contribution >= 4 is 21.7 Å². The highest BCUT2D eigenvalue weighted by molar-refractivity contribution is 7.89. The Balaban J connectivity index is 1.95. The van der Waals surface area contributed by atoms with Crippen molar-refractivity contribution in [1.29, 1.82) is 0 Å². The lowest BCUT2D eigenvalue weighted by Crippen LogP contribution is -2.44. The van der Waals surface area contributed by atoms with Gasteiger partial charge in [0.05, 0.1) is 12.3 Å². The van der Waals surface area contributed by atoms with Crippen LogP contribution in [0.2, 0.25) is 0 Å². The lowest BCUT2D eigenvalue weighted by Gasteiger charge is -2.22. The van der Waals surface area contributed by atoms with E-state index in [1.807, 2.05) is 37.3 Å². The molecule has 0 aliphatic carbocycles. The van der Waals surface area contributed by atoms with E-state index in [0.717, 1.165) is 11.8 Å². The molecule has 0 aliphatic rings. The van der Waals surface area contributed by atoms with Gasteiger partial charge in [-0.25, -0.2) is 12.8 Å². The molecular weight excluding hydrogens is 419 g/mol. The van der Waals surface area contributed by atoms with Crippen LogP contribution in [0.3, 0.4) is 0 Å². The van der Waals surface area contributed by atoms with Crippen molar-refractivity contribution in [2.75, 3.05) is 26.4 Å². The Morgan fingerprint density at radius 1 is 1.10 bits per heavy atom. The zero-order valence-corrected chi connectivity index (χ0v) is 18.9. The number of nitrogens with one attached hydrogen (secondary N) is 2. The third-order valence-electron chi connectivity index (χ3n) is 4.61.